The topological polar surface area (TPSA) is 72.2 Å². The van der Waals surface area contributed by atoms with Gasteiger partial charge in [-0.1, -0.05) is 19.9 Å². The Morgan fingerprint density at radius 1 is 1.17 bits per heavy atom. The Balaban J connectivity index is 2.95. The maximum atomic E-state index is 12.0. The van der Waals surface area contributed by atoms with Crippen molar-refractivity contribution in [2.45, 2.75) is 38.0 Å². The molecule has 3 N–H and O–H groups in total. The van der Waals surface area contributed by atoms with Crippen LogP contribution in [0, 0.1) is 0 Å². The molecule has 102 valence electrons. The van der Waals surface area contributed by atoms with Crippen molar-refractivity contribution in [1.29, 1.82) is 0 Å². The fourth-order valence-corrected chi connectivity index (χ4v) is 2.96. The summed E-state index contributed by atoms with van der Waals surface area (Å²) in [5.74, 6) is 0. The first-order valence-electron chi connectivity index (χ1n) is 6.36. The Bertz CT molecular complexity index is 484. The number of rotatable bonds is 7. The van der Waals surface area contributed by atoms with E-state index in [9.17, 15) is 8.42 Å². The average molecular weight is 270 g/mol. The third kappa shape index (κ3) is 3.80. The van der Waals surface area contributed by atoms with Crippen LogP contribution in [0.25, 0.3) is 0 Å². The maximum Gasteiger partial charge on any atom is 0.240 e. The second-order valence-electron chi connectivity index (χ2n) is 4.18. The van der Waals surface area contributed by atoms with E-state index in [4.69, 9.17) is 5.73 Å². The SMILES string of the molecule is CCc1ccc(S(=O)(=O)NCCCN)cc1CC. The first-order chi connectivity index (χ1) is 8.55. The highest BCUT2D eigenvalue weighted by molar-refractivity contribution is 7.89. The molecule has 0 aliphatic carbocycles. The van der Waals surface area contributed by atoms with Crippen molar-refractivity contribution < 1.29 is 8.42 Å². The summed E-state index contributed by atoms with van der Waals surface area (Å²) < 4.78 is 26.6. The summed E-state index contributed by atoms with van der Waals surface area (Å²) in [6.45, 7) is 4.97. The van der Waals surface area contributed by atoms with Crippen molar-refractivity contribution in [2.24, 2.45) is 5.73 Å². The van der Waals surface area contributed by atoms with E-state index >= 15 is 0 Å². The molecule has 4 nitrogen and oxygen atoms in total. The van der Waals surface area contributed by atoms with Gasteiger partial charge in [0.05, 0.1) is 4.90 Å². The van der Waals surface area contributed by atoms with Crippen LogP contribution in [-0.2, 0) is 22.9 Å². The van der Waals surface area contributed by atoms with Crippen LogP contribution in [0.1, 0.15) is 31.4 Å². The van der Waals surface area contributed by atoms with Crippen molar-refractivity contribution in [2.75, 3.05) is 13.1 Å². The number of nitrogens with two attached hydrogens (primary N) is 1. The van der Waals surface area contributed by atoms with Crippen molar-refractivity contribution >= 4 is 10.0 Å². The third-order valence-corrected chi connectivity index (χ3v) is 4.38. The standard InChI is InChI=1S/C13H22N2O2S/c1-3-11-6-7-13(10-12(11)4-2)18(16,17)15-9-5-8-14/h6-7,10,15H,3-5,8-9,14H2,1-2H3. The summed E-state index contributed by atoms with van der Waals surface area (Å²) in [7, 11) is -3.40. The minimum Gasteiger partial charge on any atom is -0.330 e. The molecular weight excluding hydrogens is 248 g/mol. The molecule has 5 heteroatoms. The second kappa shape index (κ2) is 6.87. The van der Waals surface area contributed by atoms with Gasteiger partial charge in [-0.05, 0) is 49.1 Å². The second-order valence-corrected chi connectivity index (χ2v) is 5.94. The Morgan fingerprint density at radius 3 is 2.39 bits per heavy atom. The van der Waals surface area contributed by atoms with Gasteiger partial charge < -0.3 is 5.73 Å². The van der Waals surface area contributed by atoms with Gasteiger partial charge in [0.2, 0.25) is 10.0 Å². The maximum absolute atomic E-state index is 12.0. The lowest BCUT2D eigenvalue weighted by atomic mass is 10.0. The quantitative estimate of drug-likeness (QED) is 0.736. The molecule has 0 heterocycles. The summed E-state index contributed by atoms with van der Waals surface area (Å²) in [4.78, 5) is 0.341. The Labute approximate surface area is 110 Å². The van der Waals surface area contributed by atoms with Gasteiger partial charge in [-0.15, -0.1) is 0 Å². The average Bonchev–Trinajstić information content (AvgIpc) is 2.38. The molecule has 1 aromatic carbocycles. The molecule has 1 aromatic rings. The normalized spacial score (nSPS) is 11.7. The van der Waals surface area contributed by atoms with Crippen LogP contribution in [0.2, 0.25) is 0 Å². The lowest BCUT2D eigenvalue weighted by molar-refractivity contribution is 0.579. The zero-order valence-electron chi connectivity index (χ0n) is 11.1. The number of hydrogen-bond acceptors (Lipinski definition) is 3. The van der Waals surface area contributed by atoms with Gasteiger partial charge in [-0.2, -0.15) is 0 Å². The lowest BCUT2D eigenvalue weighted by Gasteiger charge is -2.10. The molecule has 0 unspecified atom stereocenters. The predicted octanol–water partition coefficient (Wildman–Crippen LogP) is 1.44. The molecule has 18 heavy (non-hydrogen) atoms. The van der Waals surface area contributed by atoms with E-state index in [0.717, 1.165) is 18.4 Å². The summed E-state index contributed by atoms with van der Waals surface area (Å²) in [6.07, 6.45) is 2.41. The van der Waals surface area contributed by atoms with E-state index in [2.05, 4.69) is 11.6 Å². The largest absolute Gasteiger partial charge is 0.330 e. The van der Waals surface area contributed by atoms with Gasteiger partial charge in [-0.3, -0.25) is 0 Å². The zero-order valence-corrected chi connectivity index (χ0v) is 11.9. The fraction of sp³-hybridized carbons (Fsp3) is 0.538. The zero-order chi connectivity index (χ0) is 13.6. The monoisotopic (exact) mass is 270 g/mol. The summed E-state index contributed by atoms with van der Waals surface area (Å²) in [5, 5.41) is 0. The first kappa shape index (κ1) is 15.1. The minimum atomic E-state index is -3.40. The van der Waals surface area contributed by atoms with E-state index in [1.165, 1.54) is 5.56 Å². The Morgan fingerprint density at radius 2 is 1.83 bits per heavy atom. The molecule has 0 saturated heterocycles. The van der Waals surface area contributed by atoms with E-state index in [-0.39, 0.29) is 0 Å². The van der Waals surface area contributed by atoms with Crippen LogP contribution >= 0.6 is 0 Å². The molecule has 0 saturated carbocycles. The van der Waals surface area contributed by atoms with E-state index < -0.39 is 10.0 Å². The molecular formula is C13H22N2O2S. The molecule has 0 spiro atoms. The van der Waals surface area contributed by atoms with E-state index in [1.54, 1.807) is 12.1 Å². The smallest absolute Gasteiger partial charge is 0.240 e. The van der Waals surface area contributed by atoms with Crippen LogP contribution in [0.4, 0.5) is 0 Å². The van der Waals surface area contributed by atoms with Gasteiger partial charge in [0.15, 0.2) is 0 Å². The Kier molecular flexibility index (Phi) is 5.78. The lowest BCUT2D eigenvalue weighted by Crippen LogP contribution is -2.26. The molecule has 0 amide bonds. The number of hydrogen-bond donors (Lipinski definition) is 2. The molecule has 0 aromatic heterocycles. The van der Waals surface area contributed by atoms with E-state index in [1.807, 2.05) is 13.0 Å². The number of sulfonamides is 1. The molecule has 0 radical (unpaired) electrons. The molecule has 0 aliphatic heterocycles. The molecule has 0 bridgehead atoms. The molecule has 0 fully saturated rings. The van der Waals surface area contributed by atoms with Crippen LogP contribution in [0.5, 0.6) is 0 Å². The van der Waals surface area contributed by atoms with Crippen molar-refractivity contribution in [1.82, 2.24) is 4.72 Å². The summed E-state index contributed by atoms with van der Waals surface area (Å²) >= 11 is 0. The van der Waals surface area contributed by atoms with Crippen LogP contribution < -0.4 is 10.5 Å². The van der Waals surface area contributed by atoms with Gasteiger partial charge in [0, 0.05) is 6.54 Å². The highest BCUT2D eigenvalue weighted by Crippen LogP contribution is 2.17. The van der Waals surface area contributed by atoms with Gasteiger partial charge in [0.25, 0.3) is 0 Å². The summed E-state index contributed by atoms with van der Waals surface area (Å²) in [5.41, 5.74) is 7.65. The first-order valence-corrected chi connectivity index (χ1v) is 7.85. The predicted molar refractivity (Wildman–Crippen MR) is 74.1 cm³/mol. The number of aryl methyl sites for hydroxylation is 2. The van der Waals surface area contributed by atoms with Crippen LogP contribution in [0.15, 0.2) is 23.1 Å². The number of nitrogens with one attached hydrogen (secondary N) is 1. The minimum absolute atomic E-state index is 0.341. The summed E-state index contributed by atoms with van der Waals surface area (Å²) in [6, 6.07) is 5.34. The van der Waals surface area contributed by atoms with Gasteiger partial charge in [-0.25, -0.2) is 13.1 Å². The van der Waals surface area contributed by atoms with Crippen LogP contribution in [0.3, 0.4) is 0 Å². The molecule has 0 aliphatic rings. The van der Waals surface area contributed by atoms with E-state index in [0.29, 0.717) is 24.4 Å². The van der Waals surface area contributed by atoms with Crippen molar-refractivity contribution in [3.8, 4) is 0 Å². The fourth-order valence-electron chi connectivity index (χ4n) is 1.84. The highest BCUT2D eigenvalue weighted by Gasteiger charge is 2.14. The highest BCUT2D eigenvalue weighted by atomic mass is 32.2. The van der Waals surface area contributed by atoms with Crippen molar-refractivity contribution in [3.63, 3.8) is 0 Å². The van der Waals surface area contributed by atoms with Gasteiger partial charge >= 0.3 is 0 Å². The van der Waals surface area contributed by atoms with Crippen LogP contribution in [-0.4, -0.2) is 21.5 Å². The molecule has 1 rings (SSSR count). The van der Waals surface area contributed by atoms with Crippen molar-refractivity contribution in [3.05, 3.63) is 29.3 Å². The Hall–Kier alpha value is -0.910. The third-order valence-electron chi connectivity index (χ3n) is 2.92. The van der Waals surface area contributed by atoms with Gasteiger partial charge in [0.1, 0.15) is 0 Å². The number of benzene rings is 1. The molecule has 0 atom stereocenters.